The third-order valence-electron chi connectivity index (χ3n) is 4.18. The van der Waals surface area contributed by atoms with Crippen LogP contribution in [0.4, 0.5) is 0 Å². The van der Waals surface area contributed by atoms with Gasteiger partial charge in [0, 0.05) is 17.8 Å². The normalized spacial score (nSPS) is 12.2. The third-order valence-corrected chi connectivity index (χ3v) is 4.18. The second kappa shape index (κ2) is 7.33. The summed E-state index contributed by atoms with van der Waals surface area (Å²) in [6.07, 6.45) is 4.28. The summed E-state index contributed by atoms with van der Waals surface area (Å²) < 4.78 is 5.85. The van der Waals surface area contributed by atoms with Crippen LogP contribution in [0.1, 0.15) is 5.56 Å². The first-order valence-corrected chi connectivity index (χ1v) is 8.46. The molecule has 0 saturated heterocycles. The van der Waals surface area contributed by atoms with Gasteiger partial charge in [-0.1, -0.05) is 41.6 Å². The maximum atomic E-state index is 6.19. The molecule has 130 valence electrons. The Hall–Kier alpha value is -3.25. The highest BCUT2D eigenvalue weighted by molar-refractivity contribution is 5.80. The van der Waals surface area contributed by atoms with Crippen LogP contribution < -0.4 is 10.5 Å². The van der Waals surface area contributed by atoms with Crippen molar-refractivity contribution in [2.45, 2.75) is 12.5 Å². The van der Waals surface area contributed by atoms with Gasteiger partial charge in [0.15, 0.2) is 0 Å². The van der Waals surface area contributed by atoms with E-state index in [4.69, 9.17) is 10.5 Å². The summed E-state index contributed by atoms with van der Waals surface area (Å²) in [7, 11) is 0. The van der Waals surface area contributed by atoms with Crippen molar-refractivity contribution in [1.82, 2.24) is 20.4 Å². The Labute approximate surface area is 151 Å². The van der Waals surface area contributed by atoms with Gasteiger partial charge < -0.3 is 10.5 Å². The number of ether oxygens (including phenoxy) is 1. The van der Waals surface area contributed by atoms with Gasteiger partial charge in [-0.2, -0.15) is 0 Å². The van der Waals surface area contributed by atoms with E-state index in [-0.39, 0.29) is 6.04 Å². The molecule has 2 aromatic heterocycles. The largest absolute Gasteiger partial charge is 0.490 e. The summed E-state index contributed by atoms with van der Waals surface area (Å²) in [6.45, 7) is 0.433. The Bertz CT molecular complexity index is 999. The Morgan fingerprint density at radius 3 is 2.77 bits per heavy atom. The highest BCUT2D eigenvalue weighted by Gasteiger charge is 2.07. The molecule has 2 heterocycles. The van der Waals surface area contributed by atoms with Gasteiger partial charge in [-0.25, -0.2) is 0 Å². The van der Waals surface area contributed by atoms with E-state index >= 15 is 0 Å². The molecule has 0 saturated carbocycles. The first-order valence-electron chi connectivity index (χ1n) is 8.46. The fraction of sp³-hybridized carbons (Fsp3) is 0.150. The average molecular weight is 345 g/mol. The van der Waals surface area contributed by atoms with Crippen LogP contribution in [0.5, 0.6) is 5.75 Å². The summed E-state index contributed by atoms with van der Waals surface area (Å²) in [5.41, 5.74) is 11.1. The molecule has 0 fully saturated rings. The zero-order valence-electron chi connectivity index (χ0n) is 14.2. The number of nitrogens with zero attached hydrogens (tertiary/aromatic N) is 3. The highest BCUT2D eigenvalue weighted by Crippen LogP contribution is 2.25. The van der Waals surface area contributed by atoms with Gasteiger partial charge in [-0.05, 0) is 35.7 Å². The molecule has 6 nitrogen and oxygen atoms in total. The maximum Gasteiger partial charge on any atom is 0.138 e. The minimum Gasteiger partial charge on any atom is -0.490 e. The van der Waals surface area contributed by atoms with Crippen LogP contribution in [0.15, 0.2) is 67.0 Å². The predicted molar refractivity (Wildman–Crippen MR) is 101 cm³/mol. The van der Waals surface area contributed by atoms with Gasteiger partial charge in [0.2, 0.25) is 0 Å². The van der Waals surface area contributed by atoms with Gasteiger partial charge in [0.1, 0.15) is 17.9 Å². The van der Waals surface area contributed by atoms with Crippen LogP contribution in [-0.4, -0.2) is 33.0 Å². The number of hydrogen-bond acceptors (Lipinski definition) is 5. The number of nitrogens with two attached hydrogens (primary N) is 1. The standard InChI is InChI=1S/C20H19N5O/c21-17(8-14-4-2-1-3-5-14)13-26-18-9-16(11-22-12-18)15-6-7-19-20(10-15)24-25-23-19/h1-7,9-12,17H,8,13,21H2,(H,23,24,25)/t17-/m0/s1. The SMILES string of the molecule is N[C@H](COc1cncc(-c2ccc3[nH]nnc3c2)c1)Cc1ccccc1. The van der Waals surface area contributed by atoms with Crippen molar-refractivity contribution in [3.05, 3.63) is 72.6 Å². The molecule has 0 radical (unpaired) electrons. The van der Waals surface area contributed by atoms with E-state index in [1.165, 1.54) is 5.56 Å². The van der Waals surface area contributed by atoms with Gasteiger partial charge >= 0.3 is 0 Å². The first kappa shape index (κ1) is 16.2. The van der Waals surface area contributed by atoms with Crippen molar-refractivity contribution in [3.63, 3.8) is 0 Å². The summed E-state index contributed by atoms with van der Waals surface area (Å²) >= 11 is 0. The average Bonchev–Trinajstić information content (AvgIpc) is 3.15. The fourth-order valence-corrected chi connectivity index (χ4v) is 2.86. The number of H-pyrrole nitrogens is 1. The van der Waals surface area contributed by atoms with Crippen LogP contribution in [0.2, 0.25) is 0 Å². The second-order valence-corrected chi connectivity index (χ2v) is 6.21. The second-order valence-electron chi connectivity index (χ2n) is 6.21. The monoisotopic (exact) mass is 345 g/mol. The Kier molecular flexibility index (Phi) is 4.57. The van der Waals surface area contributed by atoms with Crippen molar-refractivity contribution in [2.24, 2.45) is 5.73 Å². The van der Waals surface area contributed by atoms with Crippen molar-refractivity contribution in [2.75, 3.05) is 6.61 Å². The number of pyridine rings is 1. The molecular formula is C20H19N5O. The molecular weight excluding hydrogens is 326 g/mol. The number of nitrogens with one attached hydrogen (secondary N) is 1. The molecule has 4 rings (SSSR count). The van der Waals surface area contributed by atoms with Crippen molar-refractivity contribution in [1.29, 1.82) is 0 Å². The lowest BCUT2D eigenvalue weighted by atomic mass is 10.1. The van der Waals surface area contributed by atoms with Crippen LogP contribution in [0.25, 0.3) is 22.2 Å². The Morgan fingerprint density at radius 1 is 1.00 bits per heavy atom. The molecule has 4 aromatic rings. The number of aromatic amines is 1. The van der Waals surface area contributed by atoms with E-state index in [2.05, 4.69) is 32.5 Å². The summed E-state index contributed by atoms with van der Waals surface area (Å²) in [6, 6.07) is 18.0. The zero-order valence-corrected chi connectivity index (χ0v) is 14.2. The topological polar surface area (TPSA) is 89.7 Å². The fourth-order valence-electron chi connectivity index (χ4n) is 2.86. The van der Waals surface area contributed by atoms with Gasteiger partial charge in [0.05, 0.1) is 11.7 Å². The minimum atomic E-state index is -0.0764. The molecule has 26 heavy (non-hydrogen) atoms. The minimum absolute atomic E-state index is 0.0764. The van der Waals surface area contributed by atoms with E-state index in [9.17, 15) is 0 Å². The first-order chi connectivity index (χ1) is 12.8. The van der Waals surface area contributed by atoms with Crippen LogP contribution in [0.3, 0.4) is 0 Å². The van der Waals surface area contributed by atoms with Crippen LogP contribution in [0, 0.1) is 0 Å². The molecule has 0 bridgehead atoms. The zero-order chi connectivity index (χ0) is 17.8. The van der Waals surface area contributed by atoms with E-state index in [0.29, 0.717) is 12.4 Å². The lowest BCUT2D eigenvalue weighted by Gasteiger charge is -2.13. The molecule has 6 heteroatoms. The highest BCUT2D eigenvalue weighted by atomic mass is 16.5. The van der Waals surface area contributed by atoms with Gasteiger partial charge in [-0.3, -0.25) is 10.1 Å². The number of rotatable bonds is 6. The van der Waals surface area contributed by atoms with Gasteiger partial charge in [-0.15, -0.1) is 5.10 Å². The Morgan fingerprint density at radius 2 is 1.88 bits per heavy atom. The number of hydrogen-bond donors (Lipinski definition) is 2. The van der Waals surface area contributed by atoms with Crippen LogP contribution >= 0.6 is 0 Å². The number of aromatic nitrogens is 4. The quantitative estimate of drug-likeness (QED) is 0.561. The van der Waals surface area contributed by atoms with E-state index < -0.39 is 0 Å². The molecule has 0 aliphatic heterocycles. The molecule has 1 atom stereocenters. The molecule has 3 N–H and O–H groups in total. The van der Waals surface area contributed by atoms with Crippen molar-refractivity contribution >= 4 is 11.0 Å². The smallest absolute Gasteiger partial charge is 0.138 e. The molecule has 0 amide bonds. The summed E-state index contributed by atoms with van der Waals surface area (Å²) in [5, 5.41) is 10.7. The molecule has 0 aliphatic rings. The summed E-state index contributed by atoms with van der Waals surface area (Å²) in [4.78, 5) is 4.28. The van der Waals surface area contributed by atoms with Gasteiger partial charge in [0.25, 0.3) is 0 Å². The maximum absolute atomic E-state index is 6.19. The molecule has 0 unspecified atom stereocenters. The molecule has 0 spiro atoms. The van der Waals surface area contributed by atoms with Crippen molar-refractivity contribution < 1.29 is 4.74 Å². The third kappa shape index (κ3) is 3.70. The molecule has 2 aromatic carbocycles. The van der Waals surface area contributed by atoms with E-state index in [0.717, 1.165) is 28.6 Å². The summed E-state index contributed by atoms with van der Waals surface area (Å²) in [5.74, 6) is 0.700. The Balaban J connectivity index is 1.44. The molecule has 0 aliphatic carbocycles. The lowest BCUT2D eigenvalue weighted by molar-refractivity contribution is 0.286. The number of fused-ring (bicyclic) bond motifs is 1. The van der Waals surface area contributed by atoms with Crippen molar-refractivity contribution in [3.8, 4) is 16.9 Å². The predicted octanol–water partition coefficient (Wildman–Crippen LogP) is 2.97. The van der Waals surface area contributed by atoms with Crippen LogP contribution in [-0.2, 0) is 6.42 Å². The van der Waals surface area contributed by atoms with E-state index in [1.807, 2.05) is 42.5 Å². The van der Waals surface area contributed by atoms with E-state index in [1.54, 1.807) is 12.4 Å². The lowest BCUT2D eigenvalue weighted by Crippen LogP contribution is -2.30. The number of benzene rings is 2.